The number of rotatable bonds is 17. The summed E-state index contributed by atoms with van der Waals surface area (Å²) in [7, 11) is -4.04. The molecular formula is C37H41BrO8S. The van der Waals surface area contributed by atoms with Crippen LogP contribution in [-0.4, -0.2) is 56.3 Å². The molecule has 0 aromatic heterocycles. The van der Waals surface area contributed by atoms with Gasteiger partial charge in [0.05, 0.1) is 39.6 Å². The molecule has 1 heterocycles. The second-order valence-corrected chi connectivity index (χ2v) is 14.3. The van der Waals surface area contributed by atoms with E-state index in [1.807, 2.05) is 121 Å². The fraction of sp³-hybridized carbons (Fsp3) is 0.351. The van der Waals surface area contributed by atoms with Gasteiger partial charge in [0, 0.05) is 0 Å². The Morgan fingerprint density at radius 3 is 1.53 bits per heavy atom. The molecular weight excluding hydrogens is 684 g/mol. The maximum Gasteiger partial charge on any atom is 0.271 e. The Labute approximate surface area is 286 Å². The van der Waals surface area contributed by atoms with Gasteiger partial charge in [-0.3, -0.25) is 4.18 Å². The third-order valence-corrected chi connectivity index (χ3v) is 10.3. The van der Waals surface area contributed by atoms with Gasteiger partial charge < -0.3 is 23.7 Å². The summed E-state index contributed by atoms with van der Waals surface area (Å²) < 4.78 is 62.8. The Hall–Kier alpha value is -2.93. The van der Waals surface area contributed by atoms with E-state index in [0.717, 1.165) is 22.3 Å². The van der Waals surface area contributed by atoms with Crippen molar-refractivity contribution in [1.82, 2.24) is 0 Å². The number of hydrogen-bond acceptors (Lipinski definition) is 8. The highest BCUT2D eigenvalue weighted by Crippen LogP contribution is 2.42. The summed E-state index contributed by atoms with van der Waals surface area (Å²) in [4.78, 5) is 0. The smallest absolute Gasteiger partial charge is 0.271 e. The fourth-order valence-electron chi connectivity index (χ4n) is 5.49. The summed E-state index contributed by atoms with van der Waals surface area (Å²) in [6.45, 7) is 2.75. The molecule has 0 amide bonds. The first kappa shape index (κ1) is 35.4. The lowest BCUT2D eigenvalue weighted by Gasteiger charge is -2.50. The second-order valence-electron chi connectivity index (χ2n) is 11.3. The minimum absolute atomic E-state index is 0.0126. The average Bonchev–Trinajstić information content (AvgIpc) is 3.08. The summed E-state index contributed by atoms with van der Waals surface area (Å²) in [5.74, 6) is -0.529. The largest absolute Gasteiger partial charge is 0.374 e. The van der Waals surface area contributed by atoms with Crippen LogP contribution in [0, 0.1) is 0 Å². The Morgan fingerprint density at radius 1 is 0.638 bits per heavy atom. The van der Waals surface area contributed by atoms with Crippen molar-refractivity contribution in [3.63, 3.8) is 0 Å². The van der Waals surface area contributed by atoms with Crippen LogP contribution in [0.15, 0.2) is 121 Å². The van der Waals surface area contributed by atoms with E-state index in [1.165, 1.54) is 0 Å². The molecule has 0 aliphatic carbocycles. The first-order valence-corrected chi connectivity index (χ1v) is 18.0. The first-order chi connectivity index (χ1) is 22.9. The maximum atomic E-state index is 13.2. The van der Waals surface area contributed by atoms with Gasteiger partial charge >= 0.3 is 0 Å². The Balaban J connectivity index is 1.50. The minimum atomic E-state index is -4.04. The van der Waals surface area contributed by atoms with Gasteiger partial charge in [-0.1, -0.05) is 121 Å². The molecule has 0 radical (unpaired) electrons. The van der Waals surface area contributed by atoms with E-state index < -0.39 is 44.8 Å². The molecule has 0 saturated carbocycles. The molecule has 1 aliphatic heterocycles. The quantitative estimate of drug-likeness (QED) is 0.0867. The zero-order valence-corrected chi connectivity index (χ0v) is 28.8. The van der Waals surface area contributed by atoms with Gasteiger partial charge in [-0.05, 0) is 45.1 Å². The third kappa shape index (κ3) is 10.5. The van der Waals surface area contributed by atoms with Gasteiger partial charge in [-0.15, -0.1) is 0 Å². The van der Waals surface area contributed by atoms with Crippen molar-refractivity contribution in [3.05, 3.63) is 144 Å². The van der Waals surface area contributed by atoms with Crippen LogP contribution < -0.4 is 0 Å². The number of halogens is 1. The molecule has 0 unspecified atom stereocenters. The molecule has 5 rings (SSSR count). The lowest BCUT2D eigenvalue weighted by molar-refractivity contribution is -0.276. The molecule has 47 heavy (non-hydrogen) atoms. The van der Waals surface area contributed by atoms with E-state index in [-0.39, 0.29) is 33.0 Å². The molecule has 0 spiro atoms. The van der Waals surface area contributed by atoms with Gasteiger partial charge in [0.1, 0.15) is 30.2 Å². The van der Waals surface area contributed by atoms with Crippen LogP contribution in [0.5, 0.6) is 0 Å². The van der Waals surface area contributed by atoms with Crippen molar-refractivity contribution in [2.24, 2.45) is 0 Å². The van der Waals surface area contributed by atoms with Gasteiger partial charge in [-0.2, -0.15) is 8.42 Å². The molecule has 1 fully saturated rings. The molecule has 4 aromatic rings. The molecule has 1 saturated heterocycles. The van der Waals surface area contributed by atoms with Gasteiger partial charge in [0.2, 0.25) is 0 Å². The summed E-state index contributed by atoms with van der Waals surface area (Å²) >= 11 is 3.71. The lowest BCUT2D eigenvalue weighted by atomic mass is 9.94. The molecule has 1 aliphatic rings. The van der Waals surface area contributed by atoms with Crippen molar-refractivity contribution >= 4 is 26.0 Å². The van der Waals surface area contributed by atoms with E-state index >= 15 is 0 Å². The Morgan fingerprint density at radius 2 is 1.06 bits per heavy atom. The van der Waals surface area contributed by atoms with Crippen LogP contribution in [0.25, 0.3) is 0 Å². The van der Waals surface area contributed by atoms with Crippen LogP contribution in [-0.2, 0) is 64.4 Å². The summed E-state index contributed by atoms with van der Waals surface area (Å²) in [5.41, 5.74) is 3.82. The topological polar surface area (TPSA) is 89.5 Å². The molecule has 250 valence electrons. The SMILES string of the molecule is CCOS(=O)(=O)C[C@]1(Br)O[C@H](COCc2ccccc2)[C@@H](OCc2ccccc2)[C@H](OCc2ccccc2)[C@H]1OCc1ccccc1. The van der Waals surface area contributed by atoms with Crippen molar-refractivity contribution < 1.29 is 36.3 Å². The average molecular weight is 726 g/mol. The highest BCUT2D eigenvalue weighted by atomic mass is 79.9. The van der Waals surface area contributed by atoms with Crippen molar-refractivity contribution in [1.29, 1.82) is 0 Å². The van der Waals surface area contributed by atoms with Crippen molar-refractivity contribution in [3.8, 4) is 0 Å². The Kier molecular flexibility index (Phi) is 13.1. The van der Waals surface area contributed by atoms with Crippen LogP contribution in [0.3, 0.4) is 0 Å². The van der Waals surface area contributed by atoms with Gasteiger partial charge in [0.25, 0.3) is 10.1 Å². The fourth-order valence-corrected chi connectivity index (χ4v) is 8.12. The van der Waals surface area contributed by atoms with E-state index in [0.29, 0.717) is 6.61 Å². The number of hydrogen-bond donors (Lipinski definition) is 0. The zero-order chi connectivity index (χ0) is 33.0. The van der Waals surface area contributed by atoms with E-state index in [2.05, 4.69) is 15.9 Å². The first-order valence-electron chi connectivity index (χ1n) is 15.7. The predicted octanol–water partition coefficient (Wildman–Crippen LogP) is 6.82. The maximum absolute atomic E-state index is 13.2. The van der Waals surface area contributed by atoms with Gasteiger partial charge in [0.15, 0.2) is 4.51 Å². The van der Waals surface area contributed by atoms with Crippen molar-refractivity contribution in [2.45, 2.75) is 62.3 Å². The predicted molar refractivity (Wildman–Crippen MR) is 183 cm³/mol. The molecule has 5 atom stereocenters. The minimum Gasteiger partial charge on any atom is -0.374 e. The second kappa shape index (κ2) is 17.5. The van der Waals surface area contributed by atoms with E-state index in [1.54, 1.807) is 6.92 Å². The molecule has 8 nitrogen and oxygen atoms in total. The monoisotopic (exact) mass is 724 g/mol. The van der Waals surface area contributed by atoms with Crippen LogP contribution >= 0.6 is 15.9 Å². The highest BCUT2D eigenvalue weighted by Gasteiger charge is 2.57. The van der Waals surface area contributed by atoms with Crippen LogP contribution in [0.4, 0.5) is 0 Å². The van der Waals surface area contributed by atoms with Crippen LogP contribution in [0.2, 0.25) is 0 Å². The van der Waals surface area contributed by atoms with E-state index in [4.69, 9.17) is 27.9 Å². The molecule has 4 aromatic carbocycles. The van der Waals surface area contributed by atoms with Gasteiger partial charge in [-0.25, -0.2) is 0 Å². The lowest BCUT2D eigenvalue weighted by Crippen LogP contribution is -2.66. The number of benzene rings is 4. The standard InChI is InChI=1S/C37H41BrO8S/c1-2-45-47(39,40)28-37(38)36(44-26-32-21-13-6-14-22-32)35(43-25-31-19-11-5-12-20-31)34(42-24-30-17-9-4-10-18-30)33(46-37)27-41-23-29-15-7-3-8-16-29/h3-22,33-36H,2,23-28H2,1H3/t33-,34-,35+,36-,37+/m1/s1. The third-order valence-electron chi connectivity index (χ3n) is 7.67. The zero-order valence-electron chi connectivity index (χ0n) is 26.4. The Bertz CT molecular complexity index is 1580. The molecule has 10 heteroatoms. The van der Waals surface area contributed by atoms with Crippen molar-refractivity contribution in [2.75, 3.05) is 19.0 Å². The number of alkyl halides is 1. The normalized spacial score (nSPS) is 23.0. The highest BCUT2D eigenvalue weighted by molar-refractivity contribution is 9.10. The van der Waals surface area contributed by atoms with E-state index in [9.17, 15) is 8.42 Å². The molecule has 0 N–H and O–H groups in total. The summed E-state index contributed by atoms with van der Waals surface area (Å²) in [5, 5.41) is 0. The summed E-state index contributed by atoms with van der Waals surface area (Å²) in [6, 6.07) is 39.1. The molecule has 0 bridgehead atoms. The number of ether oxygens (including phenoxy) is 5. The van der Waals surface area contributed by atoms with Crippen LogP contribution in [0.1, 0.15) is 29.2 Å². The summed E-state index contributed by atoms with van der Waals surface area (Å²) in [6.07, 6.45) is -3.15.